The zero-order valence-corrected chi connectivity index (χ0v) is 11.3. The molecule has 0 fully saturated rings. The zero-order chi connectivity index (χ0) is 11.7. The fourth-order valence-corrected chi connectivity index (χ4v) is 2.98. The van der Waals surface area contributed by atoms with Gasteiger partial charge in [0.05, 0.1) is 0 Å². The molecule has 1 aromatic carbocycles. The second kappa shape index (κ2) is 4.66. The first-order valence-corrected chi connectivity index (χ1v) is 6.98. The average molecular weight is 287 g/mol. The highest BCUT2D eigenvalue weighted by atomic mass is 79.9. The molecule has 0 aromatic heterocycles. The van der Waals surface area contributed by atoms with Crippen LogP contribution in [0.5, 0.6) is 0 Å². The van der Waals surface area contributed by atoms with Crippen LogP contribution in [0.3, 0.4) is 0 Å². The first kappa shape index (κ1) is 11.0. The van der Waals surface area contributed by atoms with E-state index in [2.05, 4.69) is 58.4 Å². The molecule has 0 aliphatic heterocycles. The number of benzene rings is 1. The molecule has 0 atom stereocenters. The summed E-state index contributed by atoms with van der Waals surface area (Å²) in [4.78, 5) is 0. The maximum absolute atomic E-state index is 3.57. The van der Waals surface area contributed by atoms with Gasteiger partial charge in [0, 0.05) is 0 Å². The number of rotatable bonds is 1. The van der Waals surface area contributed by atoms with Crippen LogP contribution in [0, 0.1) is 0 Å². The van der Waals surface area contributed by atoms with Crippen LogP contribution in [0.4, 0.5) is 0 Å². The Morgan fingerprint density at radius 1 is 0.941 bits per heavy atom. The lowest BCUT2D eigenvalue weighted by Gasteiger charge is -2.17. The second-order valence-electron chi connectivity index (χ2n) is 4.61. The molecule has 1 aromatic rings. The van der Waals surface area contributed by atoms with Gasteiger partial charge < -0.3 is 0 Å². The predicted molar refractivity (Wildman–Crippen MR) is 77.1 cm³/mol. The van der Waals surface area contributed by atoms with Gasteiger partial charge in [-0.05, 0) is 51.7 Å². The summed E-state index contributed by atoms with van der Waals surface area (Å²) in [5, 5.41) is 2.85. The lowest BCUT2D eigenvalue weighted by molar-refractivity contribution is 0.952. The Bertz CT molecular complexity index is 617. The van der Waals surface area contributed by atoms with E-state index >= 15 is 0 Å². The van der Waals surface area contributed by atoms with Crippen molar-refractivity contribution in [2.24, 2.45) is 0 Å². The lowest BCUT2D eigenvalue weighted by atomic mass is 9.89. The monoisotopic (exact) mass is 286 g/mol. The van der Waals surface area contributed by atoms with E-state index in [1.165, 1.54) is 39.8 Å². The van der Waals surface area contributed by atoms with Gasteiger partial charge in [0.1, 0.15) is 0 Å². The van der Waals surface area contributed by atoms with Crippen molar-refractivity contribution in [2.75, 3.05) is 0 Å². The topological polar surface area (TPSA) is 0 Å². The summed E-state index contributed by atoms with van der Waals surface area (Å²) >= 11 is 3.57. The molecule has 0 saturated heterocycles. The lowest BCUT2D eigenvalue weighted by Crippen LogP contribution is -2.29. The first-order valence-electron chi connectivity index (χ1n) is 6.18. The van der Waals surface area contributed by atoms with Crippen LogP contribution in [-0.2, 0) is 0 Å². The molecule has 3 rings (SSSR count). The summed E-state index contributed by atoms with van der Waals surface area (Å²) in [7, 11) is 0. The molecule has 17 heavy (non-hydrogen) atoms. The van der Waals surface area contributed by atoms with E-state index in [9.17, 15) is 0 Å². The summed E-state index contributed by atoms with van der Waals surface area (Å²) in [6.45, 7) is 0. The molecule has 0 heterocycles. The number of hydrogen-bond donors (Lipinski definition) is 0. The maximum atomic E-state index is 3.57. The van der Waals surface area contributed by atoms with Crippen LogP contribution >= 0.6 is 15.9 Å². The fraction of sp³-hybridized carbons (Fsp3) is 0.250. The molecule has 2 aliphatic rings. The van der Waals surface area contributed by atoms with Gasteiger partial charge in [-0.3, -0.25) is 0 Å². The summed E-state index contributed by atoms with van der Waals surface area (Å²) in [5.41, 5.74) is 3.08. The molecule has 86 valence electrons. The van der Waals surface area contributed by atoms with Gasteiger partial charge in [0.2, 0.25) is 0 Å². The molecule has 2 aliphatic carbocycles. The summed E-state index contributed by atoms with van der Waals surface area (Å²) in [6, 6.07) is 8.76. The summed E-state index contributed by atoms with van der Waals surface area (Å²) in [6.07, 6.45) is 11.5. The first-order chi connectivity index (χ1) is 8.34. The van der Waals surface area contributed by atoms with Crippen molar-refractivity contribution in [1.29, 1.82) is 0 Å². The van der Waals surface area contributed by atoms with Crippen LogP contribution in [0.15, 0.2) is 46.5 Å². The van der Waals surface area contributed by atoms with Crippen molar-refractivity contribution in [2.45, 2.75) is 25.7 Å². The van der Waals surface area contributed by atoms with Crippen molar-refractivity contribution >= 4 is 27.6 Å². The SMILES string of the molecule is BrC1=CC=C(C2=c3ccccc3=CCC2)CC1. The highest BCUT2D eigenvalue weighted by molar-refractivity contribution is 9.11. The smallest absolute Gasteiger partial charge is 0.00460 e. The standard InChI is InChI=1S/C16H15Br/c17-14-10-8-13(9-11-14)16-7-3-5-12-4-1-2-6-15(12)16/h1-2,4-6,8,10H,3,7,9,11H2. The van der Waals surface area contributed by atoms with Gasteiger partial charge in [-0.15, -0.1) is 0 Å². The molecule has 0 bridgehead atoms. The van der Waals surface area contributed by atoms with Crippen LogP contribution in [0.2, 0.25) is 0 Å². The van der Waals surface area contributed by atoms with E-state index < -0.39 is 0 Å². The molecular weight excluding hydrogens is 272 g/mol. The van der Waals surface area contributed by atoms with Gasteiger partial charge in [0.15, 0.2) is 0 Å². The normalized spacial score (nSPS) is 19.0. The van der Waals surface area contributed by atoms with Crippen LogP contribution in [-0.4, -0.2) is 0 Å². The van der Waals surface area contributed by atoms with Crippen molar-refractivity contribution in [3.05, 3.63) is 56.9 Å². The Labute approximate surface area is 110 Å². The number of allylic oxidation sites excluding steroid dienone is 4. The van der Waals surface area contributed by atoms with Crippen molar-refractivity contribution in [3.63, 3.8) is 0 Å². The van der Waals surface area contributed by atoms with Crippen molar-refractivity contribution in [1.82, 2.24) is 0 Å². The van der Waals surface area contributed by atoms with Gasteiger partial charge in [-0.1, -0.05) is 58.4 Å². The Morgan fingerprint density at radius 2 is 1.82 bits per heavy atom. The summed E-state index contributed by atoms with van der Waals surface area (Å²) < 4.78 is 1.32. The maximum Gasteiger partial charge on any atom is -0.00460 e. The second-order valence-corrected chi connectivity index (χ2v) is 5.63. The van der Waals surface area contributed by atoms with E-state index in [4.69, 9.17) is 0 Å². The number of fused-ring (bicyclic) bond motifs is 1. The Hall–Kier alpha value is -1.08. The highest BCUT2D eigenvalue weighted by Crippen LogP contribution is 2.29. The van der Waals surface area contributed by atoms with Gasteiger partial charge in [-0.25, -0.2) is 0 Å². The van der Waals surface area contributed by atoms with Gasteiger partial charge in [-0.2, -0.15) is 0 Å². The van der Waals surface area contributed by atoms with E-state index in [0.29, 0.717) is 0 Å². The zero-order valence-electron chi connectivity index (χ0n) is 9.75. The molecule has 0 radical (unpaired) electrons. The Balaban J connectivity index is 2.19. The minimum Gasteiger partial charge on any atom is -0.0763 e. The average Bonchev–Trinajstić information content (AvgIpc) is 2.39. The minimum atomic E-state index is 1.14. The molecule has 0 saturated carbocycles. The Kier molecular flexibility index (Phi) is 3.02. The van der Waals surface area contributed by atoms with E-state index in [1.54, 1.807) is 5.57 Å². The fourth-order valence-electron chi connectivity index (χ4n) is 2.65. The van der Waals surface area contributed by atoms with Gasteiger partial charge in [0.25, 0.3) is 0 Å². The largest absolute Gasteiger partial charge is 0.0763 e. The number of halogens is 1. The van der Waals surface area contributed by atoms with Crippen molar-refractivity contribution < 1.29 is 0 Å². The van der Waals surface area contributed by atoms with E-state index in [1.807, 2.05) is 0 Å². The molecule has 0 nitrogen and oxygen atoms in total. The third-order valence-corrected chi connectivity index (χ3v) is 4.19. The van der Waals surface area contributed by atoms with Crippen LogP contribution < -0.4 is 10.4 Å². The van der Waals surface area contributed by atoms with Gasteiger partial charge >= 0.3 is 0 Å². The Morgan fingerprint density at radius 3 is 2.65 bits per heavy atom. The number of hydrogen-bond acceptors (Lipinski definition) is 0. The van der Waals surface area contributed by atoms with Crippen LogP contribution in [0.1, 0.15) is 25.7 Å². The quantitative estimate of drug-likeness (QED) is 0.742. The molecule has 1 heteroatoms. The highest BCUT2D eigenvalue weighted by Gasteiger charge is 2.11. The third-order valence-electron chi connectivity index (χ3n) is 3.53. The molecule has 0 N–H and O–H groups in total. The summed E-state index contributed by atoms with van der Waals surface area (Å²) in [5.74, 6) is 0. The van der Waals surface area contributed by atoms with E-state index in [-0.39, 0.29) is 0 Å². The molecular formula is C16H15Br. The predicted octanol–water partition coefficient (Wildman–Crippen LogP) is 3.41. The molecule has 0 amide bonds. The van der Waals surface area contributed by atoms with Crippen molar-refractivity contribution in [3.8, 4) is 0 Å². The minimum absolute atomic E-state index is 1.14. The molecule has 0 unspecified atom stereocenters. The van der Waals surface area contributed by atoms with Crippen LogP contribution in [0.25, 0.3) is 11.6 Å². The molecule has 0 spiro atoms. The third kappa shape index (κ3) is 2.16. The van der Waals surface area contributed by atoms with E-state index in [0.717, 1.165) is 6.42 Å².